The number of anilines is 2. The summed E-state index contributed by atoms with van der Waals surface area (Å²) in [7, 11) is 5.25. The molecule has 2 aliphatic carbocycles. The van der Waals surface area contributed by atoms with E-state index >= 15 is 0 Å². The summed E-state index contributed by atoms with van der Waals surface area (Å²) in [6, 6.07) is 20.6. The van der Waals surface area contributed by atoms with Gasteiger partial charge in [-0.2, -0.15) is 10.2 Å². The second-order valence-electron chi connectivity index (χ2n) is 12.7. The molecule has 47 heavy (non-hydrogen) atoms. The van der Waals surface area contributed by atoms with E-state index in [9.17, 15) is 24.3 Å². The number of phenolic OH excluding ortho intramolecular Hbond substituents is 1. The second-order valence-corrected chi connectivity index (χ2v) is 14.0. The first-order chi connectivity index (χ1) is 22.4. The van der Waals surface area contributed by atoms with E-state index in [-0.39, 0.29) is 24.5 Å². The number of likely N-dealkylation sites (tertiary alicyclic amines) is 1. The van der Waals surface area contributed by atoms with Crippen molar-refractivity contribution in [2.75, 3.05) is 30.9 Å². The molecular weight excluding hydrogens is 641 g/mol. The SMILES string of the molecule is CN1C(=O)[C@]2(Cl)C[C@@H]3C(=CC[C@@H]4C(=O)N(c5ccc(N=Nc6ccc(N(C)C)cc6)cc5)C(=O)[C@@H]43)[C@H](c3cccc(O)c3)[C@]2(Cl)C1=O. The molecule has 0 unspecified atom stereocenters. The summed E-state index contributed by atoms with van der Waals surface area (Å²) in [4.78, 5) is 55.6. The molecule has 0 bridgehead atoms. The van der Waals surface area contributed by atoms with Gasteiger partial charge in [0.1, 0.15) is 5.75 Å². The van der Waals surface area contributed by atoms with E-state index in [2.05, 4.69) is 10.2 Å². The first kappa shape index (κ1) is 31.1. The van der Waals surface area contributed by atoms with Crippen LogP contribution >= 0.6 is 23.2 Å². The van der Waals surface area contributed by atoms with Crippen LogP contribution in [0.1, 0.15) is 24.3 Å². The fraction of sp³-hybridized carbons (Fsp3) is 0.314. The summed E-state index contributed by atoms with van der Waals surface area (Å²) in [5.41, 5.74) is 3.81. The van der Waals surface area contributed by atoms with Gasteiger partial charge < -0.3 is 10.0 Å². The number of benzene rings is 3. The Kier molecular flexibility index (Phi) is 7.29. The molecule has 3 aromatic carbocycles. The largest absolute Gasteiger partial charge is 0.508 e. The molecule has 3 fully saturated rings. The molecule has 4 amide bonds. The normalized spacial score (nSPS) is 30.0. The number of imide groups is 2. The van der Waals surface area contributed by atoms with Crippen LogP contribution in [0.25, 0.3) is 0 Å². The lowest BCUT2D eigenvalue weighted by Gasteiger charge is -2.50. The van der Waals surface area contributed by atoms with Crippen molar-refractivity contribution in [3.05, 3.63) is 90.0 Å². The molecule has 2 heterocycles. The Hall–Kier alpha value is -4.54. The molecule has 2 aliphatic heterocycles. The number of nitrogens with zero attached hydrogens (tertiary/aromatic N) is 5. The van der Waals surface area contributed by atoms with Crippen LogP contribution in [-0.2, 0) is 19.2 Å². The molecule has 7 rings (SSSR count). The van der Waals surface area contributed by atoms with Crippen LogP contribution in [0.5, 0.6) is 5.75 Å². The van der Waals surface area contributed by atoms with E-state index in [0.29, 0.717) is 28.2 Å². The molecule has 0 spiro atoms. The first-order valence-corrected chi connectivity index (χ1v) is 16.0. The van der Waals surface area contributed by atoms with Gasteiger partial charge in [-0.3, -0.25) is 29.0 Å². The fourth-order valence-corrected chi connectivity index (χ4v) is 8.70. The number of aromatic hydroxyl groups is 1. The van der Waals surface area contributed by atoms with E-state index in [1.54, 1.807) is 36.4 Å². The molecule has 0 aromatic heterocycles. The number of carbonyl (C=O) groups is 4. The molecule has 0 radical (unpaired) electrons. The Morgan fingerprint density at radius 1 is 0.851 bits per heavy atom. The molecular formula is C35H31Cl2N5O5. The number of hydrogen-bond acceptors (Lipinski definition) is 8. The monoisotopic (exact) mass is 671 g/mol. The van der Waals surface area contributed by atoms with Gasteiger partial charge in [-0.15, -0.1) is 23.2 Å². The van der Waals surface area contributed by atoms with Gasteiger partial charge in [0.15, 0.2) is 9.75 Å². The van der Waals surface area contributed by atoms with E-state index in [1.165, 1.54) is 24.1 Å². The van der Waals surface area contributed by atoms with Crippen LogP contribution in [0.3, 0.4) is 0 Å². The van der Waals surface area contributed by atoms with Gasteiger partial charge in [0.05, 0.1) is 28.9 Å². The lowest BCUT2D eigenvalue weighted by Crippen LogP contribution is -2.60. The van der Waals surface area contributed by atoms with Crippen molar-refractivity contribution in [2.24, 2.45) is 28.0 Å². The van der Waals surface area contributed by atoms with Gasteiger partial charge >= 0.3 is 0 Å². The minimum absolute atomic E-state index is 0.0482. The number of halogens is 2. The third-order valence-corrected chi connectivity index (χ3v) is 11.4. The average Bonchev–Trinajstić information content (AvgIpc) is 3.39. The molecule has 6 atom stereocenters. The highest BCUT2D eigenvalue weighted by Crippen LogP contribution is 2.65. The van der Waals surface area contributed by atoms with Crippen molar-refractivity contribution in [2.45, 2.75) is 28.5 Å². The Morgan fingerprint density at radius 3 is 2.11 bits per heavy atom. The third-order valence-electron chi connectivity index (χ3n) is 9.97. The van der Waals surface area contributed by atoms with Crippen LogP contribution in [-0.4, -0.2) is 64.5 Å². The number of rotatable bonds is 5. The Balaban J connectivity index is 1.20. The summed E-state index contributed by atoms with van der Waals surface area (Å²) < 4.78 is 0. The quantitative estimate of drug-likeness (QED) is 0.152. The fourth-order valence-electron chi connectivity index (χ4n) is 7.68. The van der Waals surface area contributed by atoms with Crippen LogP contribution < -0.4 is 9.80 Å². The molecule has 1 saturated carbocycles. The topological polar surface area (TPSA) is 123 Å². The number of phenols is 1. The summed E-state index contributed by atoms with van der Waals surface area (Å²) in [6.45, 7) is 0. The molecule has 4 aliphatic rings. The third kappa shape index (κ3) is 4.52. The zero-order chi connectivity index (χ0) is 33.4. The highest BCUT2D eigenvalue weighted by Gasteiger charge is 2.75. The summed E-state index contributed by atoms with van der Waals surface area (Å²) >= 11 is 14.3. The maximum atomic E-state index is 14.2. The maximum Gasteiger partial charge on any atom is 0.253 e. The number of hydrogen-bond donors (Lipinski definition) is 1. The lowest BCUT2D eigenvalue weighted by molar-refractivity contribution is -0.138. The smallest absolute Gasteiger partial charge is 0.253 e. The summed E-state index contributed by atoms with van der Waals surface area (Å²) in [6.07, 6.45) is 2.00. The minimum atomic E-state index is -1.90. The Morgan fingerprint density at radius 2 is 1.49 bits per heavy atom. The molecule has 240 valence electrons. The van der Waals surface area contributed by atoms with Crippen molar-refractivity contribution in [1.29, 1.82) is 0 Å². The lowest BCUT2D eigenvalue weighted by atomic mass is 9.56. The second kappa shape index (κ2) is 11.0. The van der Waals surface area contributed by atoms with E-state index in [4.69, 9.17) is 23.2 Å². The predicted octanol–water partition coefficient (Wildman–Crippen LogP) is 6.07. The van der Waals surface area contributed by atoms with Gasteiger partial charge in [0.25, 0.3) is 11.8 Å². The van der Waals surface area contributed by atoms with E-state index < -0.39 is 51.1 Å². The number of allylic oxidation sites excluding steroid dienone is 2. The summed E-state index contributed by atoms with van der Waals surface area (Å²) in [5, 5.41) is 18.9. The van der Waals surface area contributed by atoms with Gasteiger partial charge in [0, 0.05) is 32.7 Å². The molecule has 1 N–H and O–H groups in total. The van der Waals surface area contributed by atoms with Gasteiger partial charge in [0.2, 0.25) is 11.8 Å². The molecule has 3 aromatic rings. The van der Waals surface area contributed by atoms with Crippen LogP contribution in [0.4, 0.5) is 22.7 Å². The zero-order valence-electron chi connectivity index (χ0n) is 25.8. The number of fused-ring (bicyclic) bond motifs is 4. The van der Waals surface area contributed by atoms with Gasteiger partial charge in [-0.05, 0) is 85.0 Å². The zero-order valence-corrected chi connectivity index (χ0v) is 27.3. The van der Waals surface area contributed by atoms with Crippen molar-refractivity contribution < 1.29 is 24.3 Å². The van der Waals surface area contributed by atoms with Crippen LogP contribution in [0, 0.1) is 17.8 Å². The maximum absolute atomic E-state index is 14.2. The van der Waals surface area contributed by atoms with E-state index in [0.717, 1.165) is 10.6 Å². The minimum Gasteiger partial charge on any atom is -0.508 e. The first-order valence-electron chi connectivity index (χ1n) is 15.2. The van der Waals surface area contributed by atoms with Crippen LogP contribution in [0.2, 0.25) is 0 Å². The van der Waals surface area contributed by atoms with Gasteiger partial charge in [-0.25, -0.2) is 0 Å². The average molecular weight is 673 g/mol. The highest BCUT2D eigenvalue weighted by atomic mass is 35.5. The van der Waals surface area contributed by atoms with Crippen molar-refractivity contribution in [1.82, 2.24) is 4.90 Å². The summed E-state index contributed by atoms with van der Waals surface area (Å²) in [5.74, 6) is -5.18. The van der Waals surface area contributed by atoms with Crippen molar-refractivity contribution in [3.63, 3.8) is 0 Å². The Bertz CT molecular complexity index is 1890. The number of amides is 4. The van der Waals surface area contributed by atoms with E-state index in [1.807, 2.05) is 49.3 Å². The standard InChI is InChI=1S/C35H31Cl2N5O5/c1-40(2)22-11-7-20(8-12-22)38-39-21-9-13-23(14-10-21)42-30(44)26-16-15-25-27(28(26)31(42)45)18-34(36)32(46)41(3)33(47)35(34,37)29(25)19-5-4-6-24(43)17-19/h4-15,17,26-29,43H,16,18H2,1-3H3/t26-,27+,28-,29-,34+,35-/m0/s1. The molecule has 12 heteroatoms. The number of azo groups is 1. The van der Waals surface area contributed by atoms with Gasteiger partial charge in [-0.1, -0.05) is 23.8 Å². The highest BCUT2D eigenvalue weighted by molar-refractivity contribution is 6.53. The van der Waals surface area contributed by atoms with Crippen molar-refractivity contribution >= 4 is 69.6 Å². The number of carbonyl (C=O) groups excluding carboxylic acids is 4. The van der Waals surface area contributed by atoms with Crippen LogP contribution in [0.15, 0.2) is 94.7 Å². The molecule has 10 nitrogen and oxygen atoms in total. The van der Waals surface area contributed by atoms with Crippen molar-refractivity contribution in [3.8, 4) is 5.75 Å². The Labute approximate surface area is 281 Å². The molecule has 2 saturated heterocycles. The number of alkyl halides is 2. The predicted molar refractivity (Wildman–Crippen MR) is 177 cm³/mol.